The molecule has 52 valence electrons. The third-order valence-electron chi connectivity index (χ3n) is 0.396. The van der Waals surface area contributed by atoms with Gasteiger partial charge in [-0.2, -0.15) is 4.94 Å². The lowest BCUT2D eigenvalue weighted by Gasteiger charge is -1.93. The fourth-order valence-corrected chi connectivity index (χ4v) is 0.126. The molecule has 0 aromatic carbocycles. The molecule has 0 aliphatic carbocycles. The van der Waals surface area contributed by atoms with Gasteiger partial charge in [0.1, 0.15) is 0 Å². The molecule has 2 heteroatoms. The highest BCUT2D eigenvalue weighted by atomic mass is 19.3. The monoisotopic (exact) mass is 122 g/mol. The highest BCUT2D eigenvalue weighted by Crippen LogP contribution is 1.90. The van der Waals surface area contributed by atoms with Gasteiger partial charge >= 0.3 is 0 Å². The van der Waals surface area contributed by atoms with Gasteiger partial charge in [0.05, 0.1) is 6.61 Å². The third kappa shape index (κ3) is 16.9. The van der Waals surface area contributed by atoms with E-state index in [0.29, 0.717) is 5.92 Å². The maximum atomic E-state index is 10.7. The van der Waals surface area contributed by atoms with Crippen LogP contribution >= 0.6 is 0 Å². The summed E-state index contributed by atoms with van der Waals surface area (Å²) in [5.74, 6) is 0.301. The molecule has 0 N–H and O–H groups in total. The van der Waals surface area contributed by atoms with Gasteiger partial charge in [-0.05, 0) is 10.4 Å². The van der Waals surface area contributed by atoms with Gasteiger partial charge in [-0.3, -0.25) is 0 Å². The van der Waals surface area contributed by atoms with Crippen molar-refractivity contribution in [3.8, 4) is 0 Å². The molecule has 0 unspecified atom stereocenters. The summed E-state index contributed by atoms with van der Waals surface area (Å²) in [5, 5.41) is 0. The lowest BCUT2D eigenvalue weighted by atomic mass is 10.2. The summed E-state index contributed by atoms with van der Waals surface area (Å²) < 4.78 is 10.7. The van der Waals surface area contributed by atoms with E-state index >= 15 is 0 Å². The smallest absolute Gasteiger partial charge is 0.0899 e. The van der Waals surface area contributed by atoms with Crippen molar-refractivity contribution in [1.29, 1.82) is 0 Å². The average Bonchev–Trinajstić information content (AvgIpc) is 1.72. The van der Waals surface area contributed by atoms with E-state index in [1.165, 1.54) is 0 Å². The molecule has 0 rings (SSSR count). The second kappa shape index (κ2) is 10.00. The first kappa shape index (κ1) is 10.8. The molecule has 0 aromatic heterocycles. The summed E-state index contributed by atoms with van der Waals surface area (Å²) in [6, 6.07) is 0. The van der Waals surface area contributed by atoms with Gasteiger partial charge in [0.25, 0.3) is 0 Å². The van der Waals surface area contributed by atoms with Crippen LogP contribution in [-0.2, 0) is 4.94 Å². The Morgan fingerprint density at radius 2 is 1.75 bits per heavy atom. The molecule has 0 heterocycles. The van der Waals surface area contributed by atoms with Crippen LogP contribution in [0.4, 0.5) is 4.53 Å². The molecule has 0 bridgehead atoms. The van der Waals surface area contributed by atoms with E-state index in [1.807, 2.05) is 27.7 Å². The van der Waals surface area contributed by atoms with Crippen LogP contribution in [-0.4, -0.2) is 6.61 Å². The molecule has 0 saturated carbocycles. The Hall–Kier alpha value is -0.110. The Morgan fingerprint density at radius 1 is 1.38 bits per heavy atom. The molecule has 0 atom stereocenters. The van der Waals surface area contributed by atoms with E-state index in [4.69, 9.17) is 0 Å². The van der Waals surface area contributed by atoms with E-state index in [2.05, 4.69) is 4.94 Å². The first-order chi connectivity index (χ1) is 3.77. The number of halogens is 1. The van der Waals surface area contributed by atoms with Crippen LogP contribution in [0, 0.1) is 5.92 Å². The molecule has 8 heavy (non-hydrogen) atoms. The minimum absolute atomic E-state index is 0.208. The second-order valence-electron chi connectivity index (χ2n) is 1.67. The lowest BCUT2D eigenvalue weighted by molar-refractivity contribution is -0.141. The van der Waals surface area contributed by atoms with Gasteiger partial charge < -0.3 is 0 Å². The van der Waals surface area contributed by atoms with Gasteiger partial charge in [0, 0.05) is 0 Å². The molecule has 0 aromatic rings. The number of rotatable bonds is 2. The van der Waals surface area contributed by atoms with Gasteiger partial charge in [-0.15, -0.1) is 0 Å². The summed E-state index contributed by atoms with van der Waals surface area (Å²) >= 11 is 0. The summed E-state index contributed by atoms with van der Waals surface area (Å²) in [6.07, 6.45) is 0. The first-order valence-electron chi connectivity index (χ1n) is 3.01. The van der Waals surface area contributed by atoms with Crippen molar-refractivity contribution in [1.82, 2.24) is 0 Å². The van der Waals surface area contributed by atoms with E-state index in [-0.39, 0.29) is 6.61 Å². The molecule has 0 amide bonds. The van der Waals surface area contributed by atoms with Gasteiger partial charge in [0.2, 0.25) is 0 Å². The summed E-state index contributed by atoms with van der Waals surface area (Å²) in [6.45, 7) is 7.99. The highest BCUT2D eigenvalue weighted by Gasteiger charge is 1.88. The van der Waals surface area contributed by atoms with Crippen molar-refractivity contribution in [2.24, 2.45) is 5.92 Å². The van der Waals surface area contributed by atoms with Crippen LogP contribution < -0.4 is 0 Å². The quantitative estimate of drug-likeness (QED) is 0.547. The predicted molar refractivity (Wildman–Crippen MR) is 33.2 cm³/mol. The summed E-state index contributed by atoms with van der Waals surface area (Å²) in [7, 11) is 0. The average molecular weight is 122 g/mol. The van der Waals surface area contributed by atoms with Crippen LogP contribution in [0.1, 0.15) is 27.7 Å². The molecule has 0 fully saturated rings. The van der Waals surface area contributed by atoms with E-state index < -0.39 is 0 Å². The number of hydrogen-bond acceptors (Lipinski definition) is 1. The largest absolute Gasteiger partial charge is 0.194 e. The van der Waals surface area contributed by atoms with E-state index in [0.717, 1.165) is 0 Å². The fourth-order valence-electron chi connectivity index (χ4n) is 0.126. The Labute approximate surface area is 50.7 Å². The molecular formula is C6H15FO. The van der Waals surface area contributed by atoms with E-state index in [1.54, 1.807) is 0 Å². The Bertz CT molecular complexity index is 29.7. The molecule has 0 saturated heterocycles. The van der Waals surface area contributed by atoms with Crippen LogP contribution in [0.3, 0.4) is 0 Å². The second-order valence-corrected chi connectivity index (χ2v) is 1.67. The standard InChI is InChI=1S/C4H9FO.C2H6/c1-4(2)3-6-5;1-2/h4H,3H2,1-2H3;1-2H3. The van der Waals surface area contributed by atoms with Crippen molar-refractivity contribution in [2.45, 2.75) is 27.7 Å². The maximum Gasteiger partial charge on any atom is 0.0899 e. The van der Waals surface area contributed by atoms with Crippen LogP contribution in [0.2, 0.25) is 0 Å². The Morgan fingerprint density at radius 3 is 1.75 bits per heavy atom. The SMILES string of the molecule is CC.CC(C)COF. The summed E-state index contributed by atoms with van der Waals surface area (Å²) in [4.78, 5) is 3.30. The molecule has 0 radical (unpaired) electrons. The predicted octanol–water partition coefficient (Wildman–Crippen LogP) is 2.57. The molecule has 0 aliphatic rings. The zero-order valence-corrected chi connectivity index (χ0v) is 6.07. The maximum absolute atomic E-state index is 10.7. The third-order valence-corrected chi connectivity index (χ3v) is 0.396. The zero-order valence-electron chi connectivity index (χ0n) is 6.07. The first-order valence-corrected chi connectivity index (χ1v) is 3.01. The molecular weight excluding hydrogens is 107 g/mol. The van der Waals surface area contributed by atoms with Crippen molar-refractivity contribution in [3.63, 3.8) is 0 Å². The van der Waals surface area contributed by atoms with Crippen molar-refractivity contribution >= 4 is 0 Å². The van der Waals surface area contributed by atoms with E-state index in [9.17, 15) is 4.53 Å². The van der Waals surface area contributed by atoms with Gasteiger partial charge in [-0.1, -0.05) is 27.7 Å². The minimum atomic E-state index is 0.208. The topological polar surface area (TPSA) is 9.23 Å². The molecule has 0 aliphatic heterocycles. The summed E-state index contributed by atoms with van der Waals surface area (Å²) in [5.41, 5.74) is 0. The van der Waals surface area contributed by atoms with Crippen LogP contribution in [0.5, 0.6) is 0 Å². The van der Waals surface area contributed by atoms with Crippen LogP contribution in [0.25, 0.3) is 0 Å². The Kier molecular flexibility index (Phi) is 13.5. The normalized spacial score (nSPS) is 8.25. The van der Waals surface area contributed by atoms with Crippen molar-refractivity contribution < 1.29 is 9.47 Å². The molecule has 1 nitrogen and oxygen atoms in total. The van der Waals surface area contributed by atoms with Gasteiger partial charge in [0.15, 0.2) is 0 Å². The zero-order chi connectivity index (χ0) is 6.99. The number of hydrogen-bond donors (Lipinski definition) is 0. The lowest BCUT2D eigenvalue weighted by Crippen LogP contribution is -1.93. The molecule has 0 spiro atoms. The highest BCUT2D eigenvalue weighted by molar-refractivity contribution is 4.33. The Balaban J connectivity index is 0. The fraction of sp³-hybridized carbons (Fsp3) is 1.00. The van der Waals surface area contributed by atoms with Crippen molar-refractivity contribution in [2.75, 3.05) is 6.61 Å². The minimum Gasteiger partial charge on any atom is -0.194 e. The van der Waals surface area contributed by atoms with Crippen LogP contribution in [0.15, 0.2) is 0 Å². The van der Waals surface area contributed by atoms with Crippen molar-refractivity contribution in [3.05, 3.63) is 0 Å². The van der Waals surface area contributed by atoms with Gasteiger partial charge in [-0.25, -0.2) is 0 Å².